The number of carbonyl (C=O) groups excluding carboxylic acids is 2. The van der Waals surface area contributed by atoms with E-state index in [0.717, 1.165) is 23.2 Å². The average Bonchev–Trinajstić information content (AvgIpc) is 3.00. The molecule has 0 bridgehead atoms. The van der Waals surface area contributed by atoms with Gasteiger partial charge in [0.1, 0.15) is 4.32 Å². The molecule has 0 saturated carbocycles. The van der Waals surface area contributed by atoms with Crippen molar-refractivity contribution in [2.75, 3.05) is 11.9 Å². The maximum absolute atomic E-state index is 12.6. The van der Waals surface area contributed by atoms with Gasteiger partial charge in [0.2, 0.25) is 5.91 Å². The van der Waals surface area contributed by atoms with Crippen molar-refractivity contribution in [2.24, 2.45) is 0 Å². The Kier molecular flexibility index (Phi) is 7.38. The van der Waals surface area contributed by atoms with Gasteiger partial charge in [-0.3, -0.25) is 14.5 Å². The van der Waals surface area contributed by atoms with Crippen LogP contribution >= 0.6 is 24.0 Å². The first-order chi connectivity index (χ1) is 14.1. The van der Waals surface area contributed by atoms with Crippen LogP contribution in [0.1, 0.15) is 24.5 Å². The number of thiocarbonyl (C=S) groups is 1. The Labute approximate surface area is 180 Å². The van der Waals surface area contributed by atoms with Crippen LogP contribution in [0.3, 0.4) is 0 Å². The van der Waals surface area contributed by atoms with Gasteiger partial charge in [-0.25, -0.2) is 0 Å². The van der Waals surface area contributed by atoms with Gasteiger partial charge < -0.3 is 5.32 Å². The van der Waals surface area contributed by atoms with E-state index in [1.807, 2.05) is 73.7 Å². The number of thioether (sulfide) groups is 1. The monoisotopic (exact) mass is 422 g/mol. The molecule has 1 fully saturated rings. The first kappa shape index (κ1) is 21.0. The Bertz CT molecular complexity index is 968. The lowest BCUT2D eigenvalue weighted by Crippen LogP contribution is -2.31. The lowest BCUT2D eigenvalue weighted by molar-refractivity contribution is -0.122. The fraction of sp³-hybridized carbons (Fsp3) is 0.174. The number of anilines is 1. The Morgan fingerprint density at radius 3 is 2.62 bits per heavy atom. The van der Waals surface area contributed by atoms with Crippen molar-refractivity contribution in [1.29, 1.82) is 0 Å². The molecule has 1 heterocycles. The summed E-state index contributed by atoms with van der Waals surface area (Å²) in [5.74, 6) is -0.285. The topological polar surface area (TPSA) is 49.4 Å². The number of para-hydroxylation sites is 1. The van der Waals surface area contributed by atoms with E-state index in [9.17, 15) is 9.59 Å². The molecular weight excluding hydrogens is 400 g/mol. The van der Waals surface area contributed by atoms with E-state index in [-0.39, 0.29) is 24.8 Å². The highest BCUT2D eigenvalue weighted by Gasteiger charge is 2.31. The van der Waals surface area contributed by atoms with Gasteiger partial charge in [0, 0.05) is 18.7 Å². The first-order valence-electron chi connectivity index (χ1n) is 9.43. The van der Waals surface area contributed by atoms with Gasteiger partial charge >= 0.3 is 0 Å². The van der Waals surface area contributed by atoms with Crippen molar-refractivity contribution < 1.29 is 9.59 Å². The van der Waals surface area contributed by atoms with Gasteiger partial charge in [-0.05, 0) is 29.7 Å². The van der Waals surface area contributed by atoms with E-state index in [1.165, 1.54) is 16.7 Å². The van der Waals surface area contributed by atoms with Gasteiger partial charge in [0.25, 0.3) is 5.91 Å². The highest BCUT2D eigenvalue weighted by atomic mass is 32.2. The Morgan fingerprint density at radius 1 is 1.14 bits per heavy atom. The van der Waals surface area contributed by atoms with Crippen LogP contribution in [0.4, 0.5) is 5.69 Å². The number of carbonyl (C=O) groups is 2. The second-order valence-corrected chi connectivity index (χ2v) is 8.11. The van der Waals surface area contributed by atoms with Crippen molar-refractivity contribution in [3.05, 3.63) is 82.8 Å². The maximum atomic E-state index is 12.6. The summed E-state index contributed by atoms with van der Waals surface area (Å²) >= 11 is 6.60. The van der Waals surface area contributed by atoms with Gasteiger partial charge in [-0.15, -0.1) is 0 Å². The van der Waals surface area contributed by atoms with Crippen molar-refractivity contribution in [2.45, 2.75) is 19.8 Å². The van der Waals surface area contributed by atoms with Gasteiger partial charge in [-0.1, -0.05) is 91.6 Å². The Hall–Kier alpha value is -2.70. The fourth-order valence-corrected chi connectivity index (χ4v) is 4.15. The lowest BCUT2D eigenvalue weighted by atomic mass is 10.1. The Balaban J connectivity index is 1.56. The van der Waals surface area contributed by atoms with Crippen LogP contribution in [0.2, 0.25) is 0 Å². The zero-order valence-electron chi connectivity index (χ0n) is 16.1. The Morgan fingerprint density at radius 2 is 1.86 bits per heavy atom. The molecule has 148 valence electrons. The summed E-state index contributed by atoms with van der Waals surface area (Å²) in [6.45, 7) is 2.31. The quantitative estimate of drug-likeness (QED) is 0.502. The highest BCUT2D eigenvalue weighted by molar-refractivity contribution is 8.26. The summed E-state index contributed by atoms with van der Waals surface area (Å²) in [6, 6.07) is 17.6. The third-order valence-electron chi connectivity index (χ3n) is 4.44. The molecule has 0 atom stereocenters. The fourth-order valence-electron chi connectivity index (χ4n) is 2.89. The normalized spacial score (nSPS) is 15.5. The highest BCUT2D eigenvalue weighted by Crippen LogP contribution is 2.31. The summed E-state index contributed by atoms with van der Waals surface area (Å²) in [5.41, 5.74) is 2.96. The molecule has 0 radical (unpaired) electrons. The SMILES string of the molecule is CCc1ccccc1NC(=O)CCN1C(=O)/C(=C/C=C/c2ccccc2)SC1=S. The minimum Gasteiger partial charge on any atom is -0.326 e. The van der Waals surface area contributed by atoms with Crippen LogP contribution < -0.4 is 5.32 Å². The zero-order valence-corrected chi connectivity index (χ0v) is 17.8. The van der Waals surface area contributed by atoms with E-state index in [1.54, 1.807) is 6.08 Å². The number of rotatable bonds is 7. The number of nitrogens with one attached hydrogen (secondary N) is 1. The van der Waals surface area contributed by atoms with E-state index in [2.05, 4.69) is 5.32 Å². The number of hydrogen-bond donors (Lipinski definition) is 1. The molecule has 2 aromatic rings. The van der Waals surface area contributed by atoms with Crippen molar-refractivity contribution in [3.63, 3.8) is 0 Å². The minimum absolute atomic E-state index is 0.132. The van der Waals surface area contributed by atoms with Gasteiger partial charge in [0.15, 0.2) is 0 Å². The van der Waals surface area contributed by atoms with Gasteiger partial charge in [-0.2, -0.15) is 0 Å². The predicted molar refractivity (Wildman–Crippen MR) is 125 cm³/mol. The molecule has 3 rings (SSSR count). The van der Waals surface area contributed by atoms with Crippen molar-refractivity contribution in [1.82, 2.24) is 4.90 Å². The molecule has 6 heteroatoms. The van der Waals surface area contributed by atoms with Crippen molar-refractivity contribution >= 4 is 51.9 Å². The number of amides is 2. The molecule has 1 aliphatic heterocycles. The minimum atomic E-state index is -0.153. The number of aryl methyl sites for hydroxylation is 1. The van der Waals surface area contributed by atoms with Crippen LogP contribution in [-0.2, 0) is 16.0 Å². The lowest BCUT2D eigenvalue weighted by Gasteiger charge is -2.15. The first-order valence-corrected chi connectivity index (χ1v) is 10.7. The maximum Gasteiger partial charge on any atom is 0.266 e. The molecule has 0 aromatic heterocycles. The average molecular weight is 423 g/mol. The van der Waals surface area contributed by atoms with Crippen LogP contribution in [-0.4, -0.2) is 27.6 Å². The van der Waals surface area contributed by atoms with E-state index in [4.69, 9.17) is 12.2 Å². The van der Waals surface area contributed by atoms with Crippen LogP contribution in [0.15, 0.2) is 71.7 Å². The third kappa shape index (κ3) is 5.65. The summed E-state index contributed by atoms with van der Waals surface area (Å²) in [5, 5.41) is 2.93. The predicted octanol–water partition coefficient (Wildman–Crippen LogP) is 5.04. The number of allylic oxidation sites excluding steroid dienone is 2. The molecule has 0 unspecified atom stereocenters. The second kappa shape index (κ2) is 10.2. The van der Waals surface area contributed by atoms with E-state index in [0.29, 0.717) is 9.23 Å². The zero-order chi connectivity index (χ0) is 20.6. The molecule has 1 saturated heterocycles. The smallest absolute Gasteiger partial charge is 0.266 e. The molecule has 0 spiro atoms. The standard InChI is InChI=1S/C23H22N2O2S2/c1-2-18-12-6-7-13-19(18)24-21(26)15-16-25-22(27)20(29-23(25)28)14-8-11-17-9-4-3-5-10-17/h3-14H,2,15-16H2,1H3,(H,24,26)/b11-8+,20-14-. The number of benzene rings is 2. The number of nitrogens with zero attached hydrogens (tertiary/aromatic N) is 1. The molecule has 4 nitrogen and oxygen atoms in total. The number of hydrogen-bond acceptors (Lipinski definition) is 4. The second-order valence-electron chi connectivity index (χ2n) is 6.43. The summed E-state index contributed by atoms with van der Waals surface area (Å²) in [7, 11) is 0. The largest absolute Gasteiger partial charge is 0.326 e. The van der Waals surface area contributed by atoms with Gasteiger partial charge in [0.05, 0.1) is 4.91 Å². The van der Waals surface area contributed by atoms with Crippen LogP contribution in [0, 0.1) is 0 Å². The van der Waals surface area contributed by atoms with E-state index >= 15 is 0 Å². The summed E-state index contributed by atoms with van der Waals surface area (Å²) < 4.78 is 0.483. The van der Waals surface area contributed by atoms with Crippen LogP contribution in [0.25, 0.3) is 6.08 Å². The molecule has 2 aromatic carbocycles. The molecule has 29 heavy (non-hydrogen) atoms. The molecular formula is C23H22N2O2S2. The molecule has 2 amide bonds. The van der Waals surface area contributed by atoms with Crippen LogP contribution in [0.5, 0.6) is 0 Å². The van der Waals surface area contributed by atoms with Crippen molar-refractivity contribution in [3.8, 4) is 0 Å². The summed E-state index contributed by atoms with van der Waals surface area (Å²) in [4.78, 5) is 27.0. The van der Waals surface area contributed by atoms with E-state index < -0.39 is 0 Å². The summed E-state index contributed by atoms with van der Waals surface area (Å²) in [6.07, 6.45) is 6.58. The molecule has 0 aliphatic carbocycles. The molecule has 1 aliphatic rings. The third-order valence-corrected chi connectivity index (χ3v) is 5.84. The molecule has 1 N–H and O–H groups in total.